The summed E-state index contributed by atoms with van der Waals surface area (Å²) in [5, 5.41) is 9.52. The van der Waals surface area contributed by atoms with Crippen LogP contribution in [0.4, 0.5) is 0 Å². The molecule has 9 heavy (non-hydrogen) atoms. The van der Waals surface area contributed by atoms with Crippen LogP contribution in [0.2, 0.25) is 0 Å². The molecule has 0 radical (unpaired) electrons. The molecule has 1 aliphatic rings. The smallest absolute Gasteiger partial charge is 0.0708 e. The van der Waals surface area contributed by atoms with E-state index in [0.29, 0.717) is 3.92 Å². The van der Waals surface area contributed by atoms with Gasteiger partial charge in [-0.25, -0.2) is 0 Å². The van der Waals surface area contributed by atoms with Crippen molar-refractivity contribution in [2.75, 3.05) is 0 Å². The summed E-state index contributed by atoms with van der Waals surface area (Å²) in [5.41, 5.74) is 0.172. The largest absolute Gasteiger partial charge is 0.391 e. The van der Waals surface area contributed by atoms with Crippen molar-refractivity contribution in [1.82, 2.24) is 0 Å². The minimum absolute atomic E-state index is 0.0851. The molecule has 2 heteroatoms. The number of alkyl halides is 1. The Morgan fingerprint density at radius 1 is 1.56 bits per heavy atom. The molecule has 0 aromatic carbocycles. The molecule has 54 valence electrons. The first kappa shape index (κ1) is 7.79. The van der Waals surface area contributed by atoms with Gasteiger partial charge in [0.1, 0.15) is 0 Å². The lowest BCUT2D eigenvalue weighted by Crippen LogP contribution is -2.27. The van der Waals surface area contributed by atoms with E-state index >= 15 is 0 Å². The predicted octanol–water partition coefficient (Wildman–Crippen LogP) is 1.97. The van der Waals surface area contributed by atoms with E-state index in [1.54, 1.807) is 0 Å². The molecule has 0 bridgehead atoms. The van der Waals surface area contributed by atoms with E-state index in [0.717, 1.165) is 0 Å². The van der Waals surface area contributed by atoms with E-state index in [-0.39, 0.29) is 11.5 Å². The Bertz CT molecular complexity index is 111. The normalized spacial score (nSPS) is 41.3. The van der Waals surface area contributed by atoms with Crippen LogP contribution in [0.5, 0.6) is 0 Å². The number of aliphatic hydroxyl groups excluding tert-OH is 1. The first-order valence-corrected chi connectivity index (χ1v) is 4.61. The van der Waals surface area contributed by atoms with Gasteiger partial charge in [0.05, 0.1) is 6.10 Å². The topological polar surface area (TPSA) is 20.2 Å². The summed E-state index contributed by atoms with van der Waals surface area (Å²) in [6.45, 7) is 4.27. The fourth-order valence-corrected chi connectivity index (χ4v) is 2.59. The molecule has 0 aliphatic heterocycles. The van der Waals surface area contributed by atoms with E-state index in [2.05, 4.69) is 36.4 Å². The highest BCUT2D eigenvalue weighted by Crippen LogP contribution is 2.40. The summed E-state index contributed by atoms with van der Waals surface area (Å²) < 4.78 is 0.484. The van der Waals surface area contributed by atoms with Crippen LogP contribution in [0.3, 0.4) is 0 Å². The average molecular weight is 240 g/mol. The van der Waals surface area contributed by atoms with Gasteiger partial charge in [0.2, 0.25) is 0 Å². The van der Waals surface area contributed by atoms with Crippen molar-refractivity contribution in [3.63, 3.8) is 0 Å². The van der Waals surface area contributed by atoms with Crippen molar-refractivity contribution >= 4 is 22.6 Å². The predicted molar refractivity (Wildman–Crippen MR) is 46.8 cm³/mol. The maximum absolute atomic E-state index is 9.52. The number of hydrogen-bond acceptors (Lipinski definition) is 1. The van der Waals surface area contributed by atoms with Crippen molar-refractivity contribution in [3.8, 4) is 0 Å². The number of hydrogen-bond donors (Lipinski definition) is 1. The van der Waals surface area contributed by atoms with Gasteiger partial charge in [-0.15, -0.1) is 0 Å². The molecule has 0 aromatic heterocycles. The van der Waals surface area contributed by atoms with Crippen LogP contribution in [-0.4, -0.2) is 15.1 Å². The first-order chi connectivity index (χ1) is 4.04. The lowest BCUT2D eigenvalue weighted by molar-refractivity contribution is 0.0860. The molecule has 1 aliphatic carbocycles. The molecule has 2 unspecified atom stereocenters. The van der Waals surface area contributed by atoms with E-state index in [1.807, 2.05) is 0 Å². The van der Waals surface area contributed by atoms with Gasteiger partial charge in [-0.3, -0.25) is 0 Å². The summed E-state index contributed by atoms with van der Waals surface area (Å²) in [5.74, 6) is 0. The van der Waals surface area contributed by atoms with Crippen LogP contribution in [0.25, 0.3) is 0 Å². The lowest BCUT2D eigenvalue weighted by atomic mass is 9.90. The Morgan fingerprint density at radius 3 is 2.22 bits per heavy atom. The highest BCUT2D eigenvalue weighted by Gasteiger charge is 2.38. The maximum atomic E-state index is 9.52. The minimum Gasteiger partial charge on any atom is -0.391 e. The summed E-state index contributed by atoms with van der Waals surface area (Å²) in [6, 6.07) is 0. The molecule has 0 spiro atoms. The maximum Gasteiger partial charge on any atom is 0.0708 e. The van der Waals surface area contributed by atoms with Crippen molar-refractivity contribution in [3.05, 3.63) is 0 Å². The van der Waals surface area contributed by atoms with Gasteiger partial charge in [0.25, 0.3) is 0 Å². The van der Waals surface area contributed by atoms with Gasteiger partial charge in [0, 0.05) is 3.92 Å². The fourth-order valence-electron chi connectivity index (χ4n) is 1.31. The van der Waals surface area contributed by atoms with E-state index in [9.17, 15) is 5.11 Å². The SMILES string of the molecule is CC1(C)CCC(I)C1O. The van der Waals surface area contributed by atoms with Gasteiger partial charge in [-0.1, -0.05) is 36.4 Å². The molecular formula is C7H13IO. The van der Waals surface area contributed by atoms with Crippen molar-refractivity contribution in [2.45, 2.75) is 36.7 Å². The summed E-state index contributed by atoms with van der Waals surface area (Å²) in [4.78, 5) is 0. The molecule has 2 atom stereocenters. The zero-order chi connectivity index (χ0) is 7.07. The Morgan fingerprint density at radius 2 is 2.11 bits per heavy atom. The molecule has 1 N–H and O–H groups in total. The third-order valence-corrected chi connectivity index (χ3v) is 3.51. The number of rotatable bonds is 0. The third-order valence-electron chi connectivity index (χ3n) is 2.21. The molecule has 1 fully saturated rings. The minimum atomic E-state index is -0.0851. The summed E-state index contributed by atoms with van der Waals surface area (Å²) >= 11 is 2.33. The van der Waals surface area contributed by atoms with Crippen molar-refractivity contribution in [2.24, 2.45) is 5.41 Å². The van der Waals surface area contributed by atoms with Gasteiger partial charge in [-0.05, 0) is 18.3 Å². The standard InChI is InChI=1S/C7H13IO/c1-7(2)4-3-5(8)6(7)9/h5-6,9H,3-4H2,1-2H3. The first-order valence-electron chi connectivity index (χ1n) is 3.36. The molecule has 1 nitrogen and oxygen atoms in total. The summed E-state index contributed by atoms with van der Waals surface area (Å²) in [7, 11) is 0. The van der Waals surface area contributed by atoms with E-state index in [1.165, 1.54) is 12.8 Å². The van der Waals surface area contributed by atoms with Gasteiger partial charge in [0.15, 0.2) is 0 Å². The van der Waals surface area contributed by atoms with Crippen LogP contribution >= 0.6 is 22.6 Å². The summed E-state index contributed by atoms with van der Waals surface area (Å²) in [6.07, 6.45) is 2.26. The van der Waals surface area contributed by atoms with Crippen LogP contribution in [-0.2, 0) is 0 Å². The zero-order valence-corrected chi connectivity index (χ0v) is 8.05. The number of aliphatic hydroxyl groups is 1. The van der Waals surface area contributed by atoms with Crippen LogP contribution in [0.15, 0.2) is 0 Å². The second-order valence-corrected chi connectivity index (χ2v) is 5.09. The van der Waals surface area contributed by atoms with Crippen molar-refractivity contribution < 1.29 is 5.11 Å². The Hall–Kier alpha value is 0.690. The third kappa shape index (κ3) is 1.40. The van der Waals surface area contributed by atoms with Gasteiger partial charge in [-0.2, -0.15) is 0 Å². The molecule has 0 heterocycles. The average Bonchev–Trinajstić information content (AvgIpc) is 1.97. The van der Waals surface area contributed by atoms with Crippen molar-refractivity contribution in [1.29, 1.82) is 0 Å². The molecule has 0 amide bonds. The molecule has 1 rings (SSSR count). The lowest BCUT2D eigenvalue weighted by Gasteiger charge is -2.22. The Balaban J connectivity index is 2.62. The van der Waals surface area contributed by atoms with Gasteiger partial charge >= 0.3 is 0 Å². The second kappa shape index (κ2) is 2.38. The highest BCUT2D eigenvalue weighted by molar-refractivity contribution is 14.1. The molecular weight excluding hydrogens is 227 g/mol. The van der Waals surface area contributed by atoms with Crippen LogP contribution in [0.1, 0.15) is 26.7 Å². The second-order valence-electron chi connectivity index (χ2n) is 3.49. The molecule has 0 aromatic rings. The Kier molecular flexibility index (Phi) is 2.06. The van der Waals surface area contributed by atoms with Crippen LogP contribution in [0, 0.1) is 5.41 Å². The zero-order valence-electron chi connectivity index (χ0n) is 5.89. The Labute approximate surface area is 70.0 Å². The monoisotopic (exact) mass is 240 g/mol. The molecule has 0 saturated heterocycles. The highest BCUT2D eigenvalue weighted by atomic mass is 127. The van der Waals surface area contributed by atoms with E-state index in [4.69, 9.17) is 0 Å². The van der Waals surface area contributed by atoms with Gasteiger partial charge < -0.3 is 5.11 Å². The van der Waals surface area contributed by atoms with Crippen LogP contribution < -0.4 is 0 Å². The van der Waals surface area contributed by atoms with E-state index < -0.39 is 0 Å². The fraction of sp³-hybridized carbons (Fsp3) is 1.00. The quantitative estimate of drug-likeness (QED) is 0.507. The molecule has 1 saturated carbocycles. The number of halogens is 1.